The minimum Gasteiger partial charge on any atom is -0.450 e. The van der Waals surface area contributed by atoms with E-state index in [9.17, 15) is 14.0 Å². The van der Waals surface area contributed by atoms with Crippen molar-refractivity contribution < 1.29 is 18.7 Å². The third-order valence-corrected chi connectivity index (χ3v) is 3.11. The van der Waals surface area contributed by atoms with Crippen LogP contribution < -0.4 is 0 Å². The van der Waals surface area contributed by atoms with Crippen LogP contribution in [0.25, 0.3) is 0 Å². The average Bonchev–Trinajstić information content (AvgIpc) is 2.54. The van der Waals surface area contributed by atoms with Crippen LogP contribution in [0.2, 0.25) is 0 Å². The lowest BCUT2D eigenvalue weighted by Gasteiger charge is -2.34. The van der Waals surface area contributed by atoms with Gasteiger partial charge in [-0.2, -0.15) is 0 Å². The maximum Gasteiger partial charge on any atom is 0.410 e. The molecule has 0 aromatic rings. The fraction of sp³-hybridized carbons (Fsp3) is 0.800. The number of hydrogen-bond acceptors (Lipinski definition) is 3. The van der Waals surface area contributed by atoms with Gasteiger partial charge in [0.05, 0.1) is 12.6 Å². The van der Waals surface area contributed by atoms with Crippen LogP contribution in [-0.2, 0) is 9.53 Å². The largest absolute Gasteiger partial charge is 0.450 e. The van der Waals surface area contributed by atoms with Crippen molar-refractivity contribution in [1.82, 2.24) is 4.90 Å². The highest BCUT2D eigenvalue weighted by molar-refractivity contribution is 5.87. The molecule has 2 aliphatic rings. The maximum atomic E-state index is 13.5. The second-order valence-corrected chi connectivity index (χ2v) is 3.98. The van der Waals surface area contributed by atoms with E-state index in [4.69, 9.17) is 4.74 Å². The standard InChI is InChI=1S/C10H14FNO3/c1-2-15-10(14)12-6-3-4-7(12)9(11)8(13)5-6/h6-7,9H,2-5H2,1H3. The monoisotopic (exact) mass is 215 g/mol. The van der Waals surface area contributed by atoms with Crippen LogP contribution in [0.3, 0.4) is 0 Å². The minimum absolute atomic E-state index is 0.135. The summed E-state index contributed by atoms with van der Waals surface area (Å²) in [6, 6.07) is -0.733. The number of Topliss-reactive ketones (excluding diaryl/α,β-unsaturated/α-hetero) is 1. The summed E-state index contributed by atoms with van der Waals surface area (Å²) in [4.78, 5) is 24.2. The lowest BCUT2D eigenvalue weighted by Crippen LogP contribution is -2.53. The molecular weight excluding hydrogens is 201 g/mol. The molecule has 0 radical (unpaired) electrons. The molecule has 2 bridgehead atoms. The molecule has 0 aromatic heterocycles. The molecule has 2 saturated heterocycles. The lowest BCUT2D eigenvalue weighted by atomic mass is 10.0. The topological polar surface area (TPSA) is 46.6 Å². The zero-order valence-corrected chi connectivity index (χ0v) is 8.61. The number of nitrogens with zero attached hydrogens (tertiary/aromatic N) is 1. The predicted molar refractivity (Wildman–Crippen MR) is 50.2 cm³/mol. The first-order valence-electron chi connectivity index (χ1n) is 5.27. The van der Waals surface area contributed by atoms with Crippen molar-refractivity contribution in [3.8, 4) is 0 Å². The van der Waals surface area contributed by atoms with Gasteiger partial charge in [0.15, 0.2) is 12.0 Å². The number of rotatable bonds is 1. The first kappa shape index (κ1) is 10.4. The molecule has 3 atom stereocenters. The third-order valence-electron chi connectivity index (χ3n) is 3.11. The average molecular weight is 215 g/mol. The molecule has 2 aliphatic heterocycles. The highest BCUT2D eigenvalue weighted by atomic mass is 19.1. The van der Waals surface area contributed by atoms with Crippen LogP contribution in [0, 0.1) is 0 Å². The zero-order valence-electron chi connectivity index (χ0n) is 8.61. The van der Waals surface area contributed by atoms with Gasteiger partial charge in [-0.3, -0.25) is 9.69 Å². The highest BCUT2D eigenvalue weighted by Crippen LogP contribution is 2.35. The van der Waals surface area contributed by atoms with Crippen molar-refractivity contribution in [2.45, 2.75) is 44.4 Å². The molecule has 2 heterocycles. The van der Waals surface area contributed by atoms with E-state index in [0.29, 0.717) is 12.8 Å². The van der Waals surface area contributed by atoms with Crippen LogP contribution >= 0.6 is 0 Å². The fourth-order valence-corrected chi connectivity index (χ4v) is 2.44. The summed E-state index contributed by atoms with van der Waals surface area (Å²) in [7, 11) is 0. The number of halogens is 1. The number of hydrogen-bond donors (Lipinski definition) is 0. The van der Waals surface area contributed by atoms with Gasteiger partial charge in [0.2, 0.25) is 0 Å². The third kappa shape index (κ3) is 1.60. The molecule has 0 N–H and O–H groups in total. The van der Waals surface area contributed by atoms with Gasteiger partial charge in [-0.15, -0.1) is 0 Å². The number of alkyl halides is 1. The summed E-state index contributed by atoms with van der Waals surface area (Å²) >= 11 is 0. The van der Waals surface area contributed by atoms with E-state index in [1.165, 1.54) is 4.90 Å². The number of fused-ring (bicyclic) bond motifs is 2. The van der Waals surface area contributed by atoms with Gasteiger partial charge in [0, 0.05) is 12.5 Å². The van der Waals surface area contributed by atoms with Crippen LogP contribution in [0.1, 0.15) is 26.2 Å². The molecule has 84 valence electrons. The van der Waals surface area contributed by atoms with Gasteiger partial charge in [-0.25, -0.2) is 9.18 Å². The first-order chi connectivity index (χ1) is 7.15. The van der Waals surface area contributed by atoms with E-state index in [0.717, 1.165) is 0 Å². The Morgan fingerprint density at radius 2 is 2.33 bits per heavy atom. The summed E-state index contributed by atoms with van der Waals surface area (Å²) < 4.78 is 18.4. The van der Waals surface area contributed by atoms with E-state index < -0.39 is 18.3 Å². The summed E-state index contributed by atoms with van der Waals surface area (Å²) in [6.45, 7) is 1.99. The van der Waals surface area contributed by atoms with Crippen molar-refractivity contribution in [2.24, 2.45) is 0 Å². The number of ketones is 1. The van der Waals surface area contributed by atoms with Crippen molar-refractivity contribution >= 4 is 11.9 Å². The SMILES string of the molecule is CCOC(=O)N1C2CCC1C(F)C(=O)C2. The Kier molecular flexibility index (Phi) is 2.63. The Bertz CT molecular complexity index is 294. The first-order valence-corrected chi connectivity index (χ1v) is 5.27. The van der Waals surface area contributed by atoms with E-state index in [1.807, 2.05) is 0 Å². The molecular formula is C10H14FNO3. The number of carbonyl (C=O) groups is 2. The maximum absolute atomic E-state index is 13.5. The molecule has 4 nitrogen and oxygen atoms in total. The summed E-state index contributed by atoms with van der Waals surface area (Å²) in [5.41, 5.74) is 0. The summed E-state index contributed by atoms with van der Waals surface area (Å²) in [6.07, 6.45) is -0.601. The zero-order chi connectivity index (χ0) is 11.0. The number of piperidine rings is 1. The van der Waals surface area contributed by atoms with Gasteiger partial charge < -0.3 is 4.74 Å². The van der Waals surface area contributed by atoms with Gasteiger partial charge in [-0.1, -0.05) is 0 Å². The van der Waals surface area contributed by atoms with Crippen LogP contribution in [0.4, 0.5) is 9.18 Å². The Labute approximate surface area is 87.4 Å². The molecule has 5 heteroatoms. The molecule has 3 unspecified atom stereocenters. The minimum atomic E-state index is -1.52. The highest BCUT2D eigenvalue weighted by Gasteiger charge is 2.49. The Morgan fingerprint density at radius 3 is 3.00 bits per heavy atom. The second kappa shape index (κ2) is 3.79. The lowest BCUT2D eigenvalue weighted by molar-refractivity contribution is -0.129. The van der Waals surface area contributed by atoms with Gasteiger partial charge in [-0.05, 0) is 19.8 Å². The van der Waals surface area contributed by atoms with Crippen LogP contribution in [0.5, 0.6) is 0 Å². The van der Waals surface area contributed by atoms with E-state index >= 15 is 0 Å². The fourth-order valence-electron chi connectivity index (χ4n) is 2.44. The Balaban J connectivity index is 2.14. The molecule has 15 heavy (non-hydrogen) atoms. The van der Waals surface area contributed by atoms with Gasteiger partial charge in [0.1, 0.15) is 0 Å². The second-order valence-electron chi connectivity index (χ2n) is 3.98. The number of carbonyl (C=O) groups excluding carboxylic acids is 2. The van der Waals surface area contributed by atoms with Crippen LogP contribution in [0.15, 0.2) is 0 Å². The Morgan fingerprint density at radius 1 is 1.60 bits per heavy atom. The van der Waals surface area contributed by atoms with Crippen molar-refractivity contribution in [3.05, 3.63) is 0 Å². The van der Waals surface area contributed by atoms with Crippen molar-refractivity contribution in [2.75, 3.05) is 6.61 Å². The van der Waals surface area contributed by atoms with Crippen LogP contribution in [-0.4, -0.2) is 41.6 Å². The van der Waals surface area contributed by atoms with Crippen molar-refractivity contribution in [1.29, 1.82) is 0 Å². The number of ether oxygens (including phenoxy) is 1. The van der Waals surface area contributed by atoms with E-state index in [1.54, 1.807) is 6.92 Å². The number of amides is 1. The van der Waals surface area contributed by atoms with E-state index in [-0.39, 0.29) is 24.9 Å². The van der Waals surface area contributed by atoms with Gasteiger partial charge >= 0.3 is 6.09 Å². The molecule has 0 saturated carbocycles. The molecule has 2 fully saturated rings. The smallest absolute Gasteiger partial charge is 0.410 e. The normalized spacial score (nSPS) is 34.4. The molecule has 1 amide bonds. The van der Waals surface area contributed by atoms with Gasteiger partial charge in [0.25, 0.3) is 0 Å². The quantitative estimate of drug-likeness (QED) is 0.662. The molecule has 0 spiro atoms. The van der Waals surface area contributed by atoms with E-state index in [2.05, 4.69) is 0 Å². The predicted octanol–water partition coefficient (Wildman–Crippen LogP) is 1.29. The molecule has 0 aliphatic carbocycles. The van der Waals surface area contributed by atoms with Crippen molar-refractivity contribution in [3.63, 3.8) is 0 Å². The molecule has 0 aromatic carbocycles. The summed E-state index contributed by atoms with van der Waals surface area (Å²) in [5.74, 6) is -0.372. The molecule has 2 rings (SSSR count). The Hall–Kier alpha value is -1.13. The summed E-state index contributed by atoms with van der Waals surface area (Å²) in [5, 5.41) is 0.